The van der Waals surface area contributed by atoms with Crippen LogP contribution in [0.3, 0.4) is 0 Å². The SMILES string of the molecule is CCOP(=O)(COc1ccc(Cl)c2c1C(=O)CC2)OCC. The lowest BCUT2D eigenvalue weighted by Gasteiger charge is -2.18. The molecule has 0 amide bonds. The van der Waals surface area contributed by atoms with Crippen LogP contribution in [-0.4, -0.2) is 25.3 Å². The molecule has 0 heterocycles. The molecule has 0 aromatic heterocycles. The number of carbonyl (C=O) groups is 1. The molecule has 1 aromatic rings. The number of hydrogen-bond acceptors (Lipinski definition) is 5. The van der Waals surface area contributed by atoms with E-state index in [0.29, 0.717) is 29.2 Å². The zero-order valence-corrected chi connectivity index (χ0v) is 13.7. The zero-order valence-electron chi connectivity index (χ0n) is 12.1. The van der Waals surface area contributed by atoms with Crippen LogP contribution in [0.25, 0.3) is 0 Å². The molecule has 1 aromatic carbocycles. The van der Waals surface area contributed by atoms with Gasteiger partial charge in [0.05, 0.1) is 18.8 Å². The molecule has 2 rings (SSSR count). The Labute approximate surface area is 129 Å². The third kappa shape index (κ3) is 3.67. The summed E-state index contributed by atoms with van der Waals surface area (Å²) in [6.07, 6.45) is 0.804. The molecule has 0 saturated carbocycles. The molecular weight excluding hydrogens is 315 g/mol. The second-order valence-corrected chi connectivity index (χ2v) is 6.95. The van der Waals surface area contributed by atoms with E-state index in [2.05, 4.69) is 0 Å². The van der Waals surface area contributed by atoms with Crippen molar-refractivity contribution in [2.75, 3.05) is 19.6 Å². The molecule has 0 saturated heterocycles. The minimum atomic E-state index is -3.31. The maximum atomic E-state index is 12.4. The molecule has 0 N–H and O–H groups in total. The lowest BCUT2D eigenvalue weighted by molar-refractivity contribution is 0.0990. The fourth-order valence-corrected chi connectivity index (χ4v) is 3.85. The van der Waals surface area contributed by atoms with Gasteiger partial charge in [0, 0.05) is 11.4 Å². The van der Waals surface area contributed by atoms with E-state index in [4.69, 9.17) is 25.4 Å². The zero-order chi connectivity index (χ0) is 15.5. The number of fused-ring (bicyclic) bond motifs is 1. The highest BCUT2D eigenvalue weighted by Gasteiger charge is 2.29. The summed E-state index contributed by atoms with van der Waals surface area (Å²) in [5.41, 5.74) is 1.28. The van der Waals surface area contributed by atoms with Crippen LogP contribution in [0, 0.1) is 0 Å². The Morgan fingerprint density at radius 3 is 2.48 bits per heavy atom. The fourth-order valence-electron chi connectivity index (χ4n) is 2.29. The molecule has 1 aliphatic rings. The molecule has 0 aliphatic heterocycles. The van der Waals surface area contributed by atoms with Gasteiger partial charge in [-0.15, -0.1) is 0 Å². The number of carbonyl (C=O) groups excluding carboxylic acids is 1. The highest BCUT2D eigenvalue weighted by Crippen LogP contribution is 2.48. The lowest BCUT2D eigenvalue weighted by atomic mass is 10.1. The number of Topliss-reactive ketones (excluding diaryl/α,β-unsaturated/α-hetero) is 1. The Balaban J connectivity index is 2.19. The predicted molar refractivity (Wildman–Crippen MR) is 80.5 cm³/mol. The van der Waals surface area contributed by atoms with Crippen molar-refractivity contribution in [1.29, 1.82) is 0 Å². The quantitative estimate of drug-likeness (QED) is 0.704. The first kappa shape index (κ1) is 16.5. The van der Waals surface area contributed by atoms with Crippen LogP contribution in [-0.2, 0) is 20.0 Å². The number of ether oxygens (including phenoxy) is 1. The largest absolute Gasteiger partial charge is 0.480 e. The standard InChI is InChI=1S/C14H18ClO5P/c1-3-19-21(17,20-4-2)9-18-13-8-6-11(15)10-5-7-12(16)14(10)13/h6,8H,3-5,7,9H2,1-2H3. The number of benzene rings is 1. The normalized spacial score (nSPS) is 14.3. The van der Waals surface area contributed by atoms with E-state index in [-0.39, 0.29) is 25.3 Å². The van der Waals surface area contributed by atoms with Gasteiger partial charge in [-0.05, 0) is 38.0 Å². The first-order valence-corrected chi connectivity index (χ1v) is 8.97. The number of hydrogen-bond donors (Lipinski definition) is 0. The van der Waals surface area contributed by atoms with E-state index in [0.717, 1.165) is 5.56 Å². The Bertz CT molecular complexity index is 577. The maximum absolute atomic E-state index is 12.4. The molecule has 1 aliphatic carbocycles. The van der Waals surface area contributed by atoms with Gasteiger partial charge in [0.2, 0.25) is 0 Å². The molecule has 116 valence electrons. The van der Waals surface area contributed by atoms with E-state index >= 15 is 0 Å². The summed E-state index contributed by atoms with van der Waals surface area (Å²) in [5.74, 6) is 0.377. The molecule has 0 radical (unpaired) electrons. The van der Waals surface area contributed by atoms with Gasteiger partial charge in [0.15, 0.2) is 12.1 Å². The van der Waals surface area contributed by atoms with Crippen molar-refractivity contribution in [2.45, 2.75) is 26.7 Å². The Hall–Kier alpha value is -0.870. The predicted octanol–water partition coefficient (Wildman–Crippen LogP) is 4.07. The molecule has 7 heteroatoms. The second kappa shape index (κ2) is 6.93. The topological polar surface area (TPSA) is 61.8 Å². The summed E-state index contributed by atoms with van der Waals surface area (Å²) >= 11 is 6.08. The van der Waals surface area contributed by atoms with Crippen LogP contribution in [0.2, 0.25) is 5.02 Å². The third-order valence-electron chi connectivity index (χ3n) is 3.13. The van der Waals surface area contributed by atoms with Crippen molar-refractivity contribution in [3.8, 4) is 5.75 Å². The maximum Gasteiger partial charge on any atom is 0.367 e. The average Bonchev–Trinajstić information content (AvgIpc) is 2.82. The number of rotatable bonds is 7. The van der Waals surface area contributed by atoms with Crippen molar-refractivity contribution >= 4 is 25.0 Å². The first-order valence-electron chi connectivity index (χ1n) is 6.86. The average molecular weight is 333 g/mol. The van der Waals surface area contributed by atoms with E-state index in [1.54, 1.807) is 26.0 Å². The number of halogens is 1. The van der Waals surface area contributed by atoms with Crippen LogP contribution in [0.15, 0.2) is 12.1 Å². The summed E-state index contributed by atoms with van der Waals surface area (Å²) in [7, 11) is -3.31. The Kier molecular flexibility index (Phi) is 5.44. The Morgan fingerprint density at radius 2 is 1.86 bits per heavy atom. The highest BCUT2D eigenvalue weighted by atomic mass is 35.5. The molecule has 0 fully saturated rings. The number of ketones is 1. The van der Waals surface area contributed by atoms with Crippen LogP contribution >= 0.6 is 19.2 Å². The first-order chi connectivity index (χ1) is 10.0. The Morgan fingerprint density at radius 1 is 1.19 bits per heavy atom. The van der Waals surface area contributed by atoms with Crippen molar-refractivity contribution in [3.63, 3.8) is 0 Å². The van der Waals surface area contributed by atoms with Gasteiger partial charge in [0.25, 0.3) is 0 Å². The van der Waals surface area contributed by atoms with Crippen molar-refractivity contribution in [3.05, 3.63) is 28.3 Å². The monoisotopic (exact) mass is 332 g/mol. The molecule has 5 nitrogen and oxygen atoms in total. The minimum absolute atomic E-state index is 0.00912. The van der Waals surface area contributed by atoms with Crippen molar-refractivity contribution < 1.29 is 23.1 Å². The van der Waals surface area contributed by atoms with Gasteiger partial charge in [-0.3, -0.25) is 9.36 Å². The highest BCUT2D eigenvalue weighted by molar-refractivity contribution is 7.53. The molecule has 0 unspecified atom stereocenters. The minimum Gasteiger partial charge on any atom is -0.480 e. The van der Waals surface area contributed by atoms with Gasteiger partial charge in [-0.2, -0.15) is 0 Å². The van der Waals surface area contributed by atoms with Crippen molar-refractivity contribution in [2.24, 2.45) is 0 Å². The van der Waals surface area contributed by atoms with E-state index in [9.17, 15) is 9.36 Å². The summed E-state index contributed by atoms with van der Waals surface area (Å²) in [6.45, 7) is 3.99. The van der Waals surface area contributed by atoms with E-state index in [1.165, 1.54) is 0 Å². The van der Waals surface area contributed by atoms with Gasteiger partial charge in [-0.25, -0.2) is 0 Å². The smallest absolute Gasteiger partial charge is 0.367 e. The van der Waals surface area contributed by atoms with Gasteiger partial charge < -0.3 is 13.8 Å². The van der Waals surface area contributed by atoms with Gasteiger partial charge in [-0.1, -0.05) is 11.6 Å². The van der Waals surface area contributed by atoms with E-state index in [1.807, 2.05) is 0 Å². The molecule has 0 spiro atoms. The lowest BCUT2D eigenvalue weighted by Crippen LogP contribution is -2.08. The summed E-state index contributed by atoms with van der Waals surface area (Å²) in [4.78, 5) is 11.9. The van der Waals surface area contributed by atoms with E-state index < -0.39 is 7.60 Å². The fraction of sp³-hybridized carbons (Fsp3) is 0.500. The van der Waals surface area contributed by atoms with Crippen LogP contribution in [0.4, 0.5) is 0 Å². The molecule has 0 bridgehead atoms. The molecular formula is C14H18ClO5P. The molecule has 21 heavy (non-hydrogen) atoms. The third-order valence-corrected chi connectivity index (χ3v) is 5.23. The van der Waals surface area contributed by atoms with Gasteiger partial charge >= 0.3 is 7.60 Å². The van der Waals surface area contributed by atoms with Gasteiger partial charge in [0.1, 0.15) is 5.75 Å². The summed E-state index contributed by atoms with van der Waals surface area (Å²) in [6, 6.07) is 3.30. The summed E-state index contributed by atoms with van der Waals surface area (Å²) in [5, 5.41) is 0.556. The molecule has 0 atom stereocenters. The second-order valence-electron chi connectivity index (χ2n) is 4.54. The van der Waals surface area contributed by atoms with Crippen molar-refractivity contribution in [1.82, 2.24) is 0 Å². The van der Waals surface area contributed by atoms with Crippen LogP contribution < -0.4 is 4.74 Å². The van der Waals surface area contributed by atoms with Crippen LogP contribution in [0.1, 0.15) is 36.2 Å². The summed E-state index contributed by atoms with van der Waals surface area (Å²) < 4.78 is 28.2. The van der Waals surface area contributed by atoms with Crippen LogP contribution in [0.5, 0.6) is 5.75 Å².